The van der Waals surface area contributed by atoms with Gasteiger partial charge in [-0.15, -0.1) is 0 Å². The molecule has 0 spiro atoms. The van der Waals surface area contributed by atoms with Crippen LogP contribution in [0.25, 0.3) is 0 Å². The number of hydrogen-bond acceptors (Lipinski definition) is 2. The van der Waals surface area contributed by atoms with Gasteiger partial charge in [-0.25, -0.2) is 0 Å². The predicted octanol–water partition coefficient (Wildman–Crippen LogP) is 6.15. The first-order valence-electron chi connectivity index (χ1n) is 10.9. The SMILES string of the molecule is COc1ccc(C2C(=O)N(C(c3ccccc3)c3ccccc3)C2c2ccccc2)cc1. The molecule has 2 unspecified atom stereocenters. The number of ether oxygens (including phenoxy) is 1. The van der Waals surface area contributed by atoms with Gasteiger partial charge >= 0.3 is 0 Å². The van der Waals surface area contributed by atoms with Crippen molar-refractivity contribution in [2.75, 3.05) is 7.11 Å². The Bertz CT molecular complexity index is 1130. The number of carbonyl (C=O) groups excluding carboxylic acids is 1. The number of methoxy groups -OCH3 is 1. The van der Waals surface area contributed by atoms with Crippen LogP contribution in [0.5, 0.6) is 5.75 Å². The van der Waals surface area contributed by atoms with Crippen molar-refractivity contribution in [3.05, 3.63) is 138 Å². The van der Waals surface area contributed by atoms with E-state index in [4.69, 9.17) is 4.74 Å². The van der Waals surface area contributed by atoms with Crippen LogP contribution < -0.4 is 4.74 Å². The zero-order valence-corrected chi connectivity index (χ0v) is 18.0. The molecule has 1 fully saturated rings. The molecule has 3 heteroatoms. The summed E-state index contributed by atoms with van der Waals surface area (Å²) in [6, 6.07) is 38.6. The van der Waals surface area contributed by atoms with E-state index in [2.05, 4.69) is 41.3 Å². The van der Waals surface area contributed by atoms with Gasteiger partial charge in [0.1, 0.15) is 5.75 Å². The molecule has 0 N–H and O–H groups in total. The zero-order valence-electron chi connectivity index (χ0n) is 18.0. The van der Waals surface area contributed by atoms with E-state index in [-0.39, 0.29) is 23.9 Å². The van der Waals surface area contributed by atoms with Crippen LogP contribution in [0.4, 0.5) is 0 Å². The summed E-state index contributed by atoms with van der Waals surface area (Å²) in [4.78, 5) is 15.8. The molecule has 0 bridgehead atoms. The lowest BCUT2D eigenvalue weighted by atomic mass is 9.75. The largest absolute Gasteiger partial charge is 0.497 e. The first-order chi connectivity index (χ1) is 15.8. The fourth-order valence-corrected chi connectivity index (χ4v) is 4.72. The lowest BCUT2D eigenvalue weighted by Crippen LogP contribution is -2.54. The molecule has 0 saturated carbocycles. The lowest BCUT2D eigenvalue weighted by molar-refractivity contribution is -0.153. The molecule has 3 nitrogen and oxygen atoms in total. The molecular formula is C29H25NO2. The molecule has 5 rings (SSSR count). The molecule has 0 radical (unpaired) electrons. The molecule has 4 aromatic carbocycles. The summed E-state index contributed by atoms with van der Waals surface area (Å²) >= 11 is 0. The standard InChI is InChI=1S/C29H25NO2/c1-32-25-19-17-21(18-20-25)26-28(24-15-9-4-10-16-24)30(29(26)31)27(22-11-5-2-6-12-22)23-13-7-3-8-14-23/h2-20,26-28H,1H3. The van der Waals surface area contributed by atoms with Crippen molar-refractivity contribution in [3.63, 3.8) is 0 Å². The molecule has 1 aliphatic rings. The minimum atomic E-state index is -0.224. The maximum absolute atomic E-state index is 13.8. The predicted molar refractivity (Wildman–Crippen MR) is 126 cm³/mol. The van der Waals surface area contributed by atoms with E-state index in [9.17, 15) is 4.79 Å². The Morgan fingerprint density at radius 1 is 0.656 bits per heavy atom. The van der Waals surface area contributed by atoms with Crippen molar-refractivity contribution in [3.8, 4) is 5.75 Å². The molecule has 32 heavy (non-hydrogen) atoms. The summed E-state index contributed by atoms with van der Waals surface area (Å²) < 4.78 is 5.32. The molecule has 1 saturated heterocycles. The summed E-state index contributed by atoms with van der Waals surface area (Å²) in [5.41, 5.74) is 4.38. The molecular weight excluding hydrogens is 394 g/mol. The van der Waals surface area contributed by atoms with E-state index in [0.717, 1.165) is 28.0 Å². The highest BCUT2D eigenvalue weighted by molar-refractivity contribution is 5.92. The van der Waals surface area contributed by atoms with Crippen molar-refractivity contribution >= 4 is 5.91 Å². The van der Waals surface area contributed by atoms with Gasteiger partial charge in [0.25, 0.3) is 0 Å². The third-order valence-corrected chi connectivity index (χ3v) is 6.26. The van der Waals surface area contributed by atoms with Crippen molar-refractivity contribution in [1.29, 1.82) is 0 Å². The summed E-state index contributed by atoms with van der Waals surface area (Å²) in [6.07, 6.45) is 0. The fourth-order valence-electron chi connectivity index (χ4n) is 4.72. The van der Waals surface area contributed by atoms with Gasteiger partial charge in [0.15, 0.2) is 0 Å². The second kappa shape index (κ2) is 8.72. The van der Waals surface area contributed by atoms with Gasteiger partial charge in [-0.05, 0) is 34.4 Å². The van der Waals surface area contributed by atoms with Gasteiger partial charge in [-0.1, -0.05) is 103 Å². The Balaban J connectivity index is 1.61. The minimum Gasteiger partial charge on any atom is -0.497 e. The van der Waals surface area contributed by atoms with Crippen LogP contribution >= 0.6 is 0 Å². The number of hydrogen-bond donors (Lipinski definition) is 0. The maximum atomic E-state index is 13.8. The van der Waals surface area contributed by atoms with Gasteiger partial charge in [0.2, 0.25) is 5.91 Å². The normalized spacial score (nSPS) is 17.8. The van der Waals surface area contributed by atoms with Crippen LogP contribution in [0.15, 0.2) is 115 Å². The van der Waals surface area contributed by atoms with Crippen molar-refractivity contribution in [1.82, 2.24) is 4.90 Å². The van der Waals surface area contributed by atoms with Crippen LogP contribution in [-0.4, -0.2) is 17.9 Å². The highest BCUT2D eigenvalue weighted by Gasteiger charge is 2.52. The monoisotopic (exact) mass is 419 g/mol. The van der Waals surface area contributed by atoms with Crippen molar-refractivity contribution < 1.29 is 9.53 Å². The van der Waals surface area contributed by atoms with Gasteiger partial charge in [0, 0.05) is 0 Å². The van der Waals surface area contributed by atoms with Crippen LogP contribution in [0.1, 0.15) is 40.3 Å². The van der Waals surface area contributed by atoms with Gasteiger partial charge in [-0.3, -0.25) is 4.79 Å². The van der Waals surface area contributed by atoms with E-state index in [1.807, 2.05) is 78.9 Å². The number of rotatable bonds is 6. The third kappa shape index (κ3) is 3.56. The first-order valence-corrected chi connectivity index (χ1v) is 10.9. The average molecular weight is 420 g/mol. The lowest BCUT2D eigenvalue weighted by Gasteiger charge is -2.52. The number of likely N-dealkylation sites (tertiary alicyclic amines) is 1. The summed E-state index contributed by atoms with van der Waals surface area (Å²) in [6.45, 7) is 0. The Hall–Kier alpha value is -3.85. The number of amides is 1. The number of carbonyl (C=O) groups is 1. The number of β-lactam (4-membered cyclic amide) rings is 1. The Kier molecular flexibility index (Phi) is 5.47. The van der Waals surface area contributed by atoms with Crippen LogP contribution in [0, 0.1) is 0 Å². The van der Waals surface area contributed by atoms with Crippen LogP contribution in [0.3, 0.4) is 0 Å². The average Bonchev–Trinajstić information content (AvgIpc) is 2.87. The Morgan fingerprint density at radius 2 is 1.16 bits per heavy atom. The molecule has 1 amide bonds. The quantitative estimate of drug-likeness (QED) is 0.351. The van der Waals surface area contributed by atoms with Gasteiger partial charge < -0.3 is 9.64 Å². The van der Waals surface area contributed by atoms with E-state index < -0.39 is 0 Å². The van der Waals surface area contributed by atoms with Gasteiger partial charge in [-0.2, -0.15) is 0 Å². The van der Waals surface area contributed by atoms with Gasteiger partial charge in [0.05, 0.1) is 25.1 Å². The van der Waals surface area contributed by atoms with E-state index in [1.165, 1.54) is 0 Å². The van der Waals surface area contributed by atoms with E-state index in [0.29, 0.717) is 0 Å². The Morgan fingerprint density at radius 3 is 1.66 bits per heavy atom. The molecule has 1 aliphatic heterocycles. The number of benzene rings is 4. The second-order valence-electron chi connectivity index (χ2n) is 8.08. The third-order valence-electron chi connectivity index (χ3n) is 6.26. The van der Waals surface area contributed by atoms with Crippen LogP contribution in [-0.2, 0) is 4.79 Å². The fraction of sp³-hybridized carbons (Fsp3) is 0.138. The smallest absolute Gasteiger partial charge is 0.233 e. The summed E-state index contributed by atoms with van der Waals surface area (Å²) in [5, 5.41) is 0. The van der Waals surface area contributed by atoms with E-state index in [1.54, 1.807) is 7.11 Å². The molecule has 0 aliphatic carbocycles. The minimum absolute atomic E-state index is 0.0532. The van der Waals surface area contributed by atoms with Crippen molar-refractivity contribution in [2.45, 2.75) is 18.0 Å². The maximum Gasteiger partial charge on any atom is 0.233 e. The topological polar surface area (TPSA) is 29.5 Å². The molecule has 2 atom stereocenters. The Labute approximate surface area is 188 Å². The highest BCUT2D eigenvalue weighted by atomic mass is 16.5. The molecule has 158 valence electrons. The molecule has 4 aromatic rings. The number of nitrogens with zero attached hydrogens (tertiary/aromatic N) is 1. The highest BCUT2D eigenvalue weighted by Crippen LogP contribution is 2.52. The zero-order chi connectivity index (χ0) is 21.9. The second-order valence-corrected chi connectivity index (χ2v) is 8.08. The first kappa shape index (κ1) is 20.1. The van der Waals surface area contributed by atoms with Crippen molar-refractivity contribution in [2.24, 2.45) is 0 Å². The van der Waals surface area contributed by atoms with E-state index >= 15 is 0 Å². The molecule has 0 aromatic heterocycles. The van der Waals surface area contributed by atoms with Crippen LogP contribution in [0.2, 0.25) is 0 Å². The molecule has 1 heterocycles. The summed E-state index contributed by atoms with van der Waals surface area (Å²) in [7, 11) is 1.66. The summed E-state index contributed by atoms with van der Waals surface area (Å²) in [5.74, 6) is 0.708.